The molecule has 1 saturated heterocycles. The predicted molar refractivity (Wildman–Crippen MR) is 79.1 cm³/mol. The summed E-state index contributed by atoms with van der Waals surface area (Å²) < 4.78 is 0. The van der Waals surface area contributed by atoms with Gasteiger partial charge in [-0.25, -0.2) is 0 Å². The van der Waals surface area contributed by atoms with Gasteiger partial charge in [0.25, 0.3) is 0 Å². The molecular formula is C16H26N2. The largest absolute Gasteiger partial charge is 0.371 e. The second-order valence-electron chi connectivity index (χ2n) is 5.84. The third-order valence-electron chi connectivity index (χ3n) is 4.01. The summed E-state index contributed by atoms with van der Waals surface area (Å²) >= 11 is 0. The fraction of sp³-hybridized carbons (Fsp3) is 0.625. The van der Waals surface area contributed by atoms with E-state index in [9.17, 15) is 0 Å². The maximum absolute atomic E-state index is 6.13. The van der Waals surface area contributed by atoms with E-state index in [4.69, 9.17) is 5.73 Å². The number of hydrogen-bond acceptors (Lipinski definition) is 2. The van der Waals surface area contributed by atoms with Crippen molar-refractivity contribution in [3.8, 4) is 0 Å². The van der Waals surface area contributed by atoms with Gasteiger partial charge in [-0.1, -0.05) is 31.5 Å². The first-order valence-electron chi connectivity index (χ1n) is 7.20. The van der Waals surface area contributed by atoms with E-state index in [2.05, 4.69) is 43.9 Å². The third kappa shape index (κ3) is 3.05. The van der Waals surface area contributed by atoms with Crippen molar-refractivity contribution in [1.82, 2.24) is 0 Å². The van der Waals surface area contributed by atoms with Crippen molar-refractivity contribution < 1.29 is 0 Å². The van der Waals surface area contributed by atoms with Crippen LogP contribution >= 0.6 is 0 Å². The van der Waals surface area contributed by atoms with Crippen molar-refractivity contribution in [2.24, 2.45) is 11.7 Å². The minimum atomic E-state index is 0.283. The molecule has 100 valence electrons. The van der Waals surface area contributed by atoms with Crippen LogP contribution in [0.4, 0.5) is 5.69 Å². The van der Waals surface area contributed by atoms with E-state index in [1.54, 1.807) is 0 Å². The van der Waals surface area contributed by atoms with Gasteiger partial charge in [0.1, 0.15) is 0 Å². The number of nitrogens with zero attached hydrogens (tertiary/aromatic N) is 1. The maximum Gasteiger partial charge on any atom is 0.0399 e. The lowest BCUT2D eigenvalue weighted by Crippen LogP contribution is -2.25. The molecule has 2 heteroatoms. The molecule has 2 N–H and O–H groups in total. The van der Waals surface area contributed by atoms with Crippen LogP contribution in [-0.4, -0.2) is 19.1 Å². The van der Waals surface area contributed by atoms with Crippen LogP contribution in [-0.2, 0) is 6.42 Å². The van der Waals surface area contributed by atoms with Gasteiger partial charge in [-0.05, 0) is 43.7 Å². The second-order valence-corrected chi connectivity index (χ2v) is 5.84. The fourth-order valence-electron chi connectivity index (χ4n) is 2.77. The summed E-state index contributed by atoms with van der Waals surface area (Å²) in [4.78, 5) is 2.53. The lowest BCUT2D eigenvalue weighted by molar-refractivity contribution is 0.643. The lowest BCUT2D eigenvalue weighted by Gasteiger charge is -2.23. The molecule has 2 nitrogen and oxygen atoms in total. The Morgan fingerprint density at radius 3 is 2.83 bits per heavy atom. The Labute approximate surface area is 111 Å². The van der Waals surface area contributed by atoms with E-state index in [1.807, 2.05) is 0 Å². The molecule has 1 aliphatic heterocycles. The summed E-state index contributed by atoms with van der Waals surface area (Å²) in [6.45, 7) is 9.05. The summed E-state index contributed by atoms with van der Waals surface area (Å²) in [6, 6.07) is 7.10. The van der Waals surface area contributed by atoms with E-state index < -0.39 is 0 Å². The topological polar surface area (TPSA) is 29.3 Å². The second kappa shape index (κ2) is 5.75. The molecule has 0 spiro atoms. The molecule has 0 bridgehead atoms. The number of rotatable bonds is 4. The number of hydrogen-bond donors (Lipinski definition) is 1. The van der Waals surface area contributed by atoms with E-state index in [1.165, 1.54) is 36.3 Å². The lowest BCUT2D eigenvalue weighted by atomic mass is 10.00. The minimum absolute atomic E-state index is 0.283. The van der Waals surface area contributed by atoms with Crippen LogP contribution in [0.25, 0.3) is 0 Å². The highest BCUT2D eigenvalue weighted by atomic mass is 15.2. The third-order valence-corrected chi connectivity index (χ3v) is 4.01. The van der Waals surface area contributed by atoms with Gasteiger partial charge >= 0.3 is 0 Å². The van der Waals surface area contributed by atoms with Crippen LogP contribution < -0.4 is 10.6 Å². The Hall–Kier alpha value is -1.02. The van der Waals surface area contributed by atoms with Gasteiger partial charge in [0, 0.05) is 24.8 Å². The molecule has 0 aromatic heterocycles. The Balaban J connectivity index is 2.22. The van der Waals surface area contributed by atoms with Crippen LogP contribution in [0, 0.1) is 12.8 Å². The molecule has 1 heterocycles. The van der Waals surface area contributed by atoms with Gasteiger partial charge in [-0.15, -0.1) is 0 Å². The number of benzene rings is 1. The molecule has 1 aromatic rings. The molecule has 1 aliphatic rings. The van der Waals surface area contributed by atoms with Crippen molar-refractivity contribution in [2.75, 3.05) is 18.0 Å². The molecule has 0 saturated carbocycles. The van der Waals surface area contributed by atoms with Crippen LogP contribution in [0.5, 0.6) is 0 Å². The maximum atomic E-state index is 6.13. The molecule has 2 atom stereocenters. The summed E-state index contributed by atoms with van der Waals surface area (Å²) in [7, 11) is 0. The smallest absolute Gasteiger partial charge is 0.0399 e. The molecule has 0 aliphatic carbocycles. The molecule has 1 fully saturated rings. The zero-order chi connectivity index (χ0) is 13.1. The normalized spacial score (nSPS) is 21.3. The number of anilines is 1. The van der Waals surface area contributed by atoms with Crippen LogP contribution in [0.3, 0.4) is 0 Å². The minimum Gasteiger partial charge on any atom is -0.371 e. The Morgan fingerprint density at radius 2 is 2.22 bits per heavy atom. The highest BCUT2D eigenvalue weighted by molar-refractivity contribution is 5.56. The van der Waals surface area contributed by atoms with Crippen LogP contribution in [0.15, 0.2) is 18.2 Å². The van der Waals surface area contributed by atoms with E-state index in [-0.39, 0.29) is 6.04 Å². The van der Waals surface area contributed by atoms with Crippen LogP contribution in [0.2, 0.25) is 0 Å². The zero-order valence-electron chi connectivity index (χ0n) is 11.9. The average molecular weight is 246 g/mol. The summed E-state index contributed by atoms with van der Waals surface area (Å²) in [5, 5.41) is 0. The van der Waals surface area contributed by atoms with Gasteiger partial charge in [0.05, 0.1) is 0 Å². The van der Waals surface area contributed by atoms with E-state index in [0.29, 0.717) is 0 Å². The molecule has 0 radical (unpaired) electrons. The predicted octanol–water partition coefficient (Wildman–Crippen LogP) is 3.12. The number of aryl methyl sites for hydroxylation is 1. The number of nitrogens with two attached hydrogens (primary N) is 1. The summed E-state index contributed by atoms with van der Waals surface area (Å²) in [5.41, 5.74) is 10.3. The van der Waals surface area contributed by atoms with Gasteiger partial charge in [0.15, 0.2) is 0 Å². The first kappa shape index (κ1) is 13.4. The van der Waals surface area contributed by atoms with Gasteiger partial charge in [-0.2, -0.15) is 0 Å². The van der Waals surface area contributed by atoms with Gasteiger partial charge in [0.2, 0.25) is 0 Å². The Bertz CT molecular complexity index is 400. The van der Waals surface area contributed by atoms with E-state index >= 15 is 0 Å². The molecule has 2 rings (SSSR count). The Kier molecular flexibility index (Phi) is 4.28. The van der Waals surface area contributed by atoms with Gasteiger partial charge in [-0.3, -0.25) is 0 Å². The first-order chi connectivity index (χ1) is 8.60. The first-order valence-corrected chi connectivity index (χ1v) is 7.20. The molecule has 2 unspecified atom stereocenters. The standard InChI is InChI=1S/C16H26N2/c1-4-15(17)10-14-9-12(2)5-6-16(14)18-8-7-13(3)11-18/h5-6,9,13,15H,4,7-8,10-11,17H2,1-3H3. The summed E-state index contributed by atoms with van der Waals surface area (Å²) in [5.74, 6) is 0.819. The SMILES string of the molecule is CCC(N)Cc1cc(C)ccc1N1CCC(C)C1. The average Bonchev–Trinajstić information content (AvgIpc) is 2.75. The molecule has 1 aromatic carbocycles. The summed E-state index contributed by atoms with van der Waals surface area (Å²) in [6.07, 6.45) is 3.36. The van der Waals surface area contributed by atoms with E-state index in [0.717, 1.165) is 18.8 Å². The van der Waals surface area contributed by atoms with Crippen molar-refractivity contribution >= 4 is 5.69 Å². The Morgan fingerprint density at radius 1 is 1.44 bits per heavy atom. The van der Waals surface area contributed by atoms with Gasteiger partial charge < -0.3 is 10.6 Å². The molecule has 18 heavy (non-hydrogen) atoms. The molecule has 0 amide bonds. The van der Waals surface area contributed by atoms with Crippen molar-refractivity contribution in [1.29, 1.82) is 0 Å². The van der Waals surface area contributed by atoms with Crippen LogP contribution in [0.1, 0.15) is 37.8 Å². The fourth-order valence-corrected chi connectivity index (χ4v) is 2.77. The zero-order valence-corrected chi connectivity index (χ0v) is 11.9. The van der Waals surface area contributed by atoms with Crippen molar-refractivity contribution in [3.05, 3.63) is 29.3 Å². The monoisotopic (exact) mass is 246 g/mol. The van der Waals surface area contributed by atoms with Crippen molar-refractivity contribution in [3.63, 3.8) is 0 Å². The highest BCUT2D eigenvalue weighted by Crippen LogP contribution is 2.28. The van der Waals surface area contributed by atoms with Crippen molar-refractivity contribution in [2.45, 2.75) is 46.1 Å². The quantitative estimate of drug-likeness (QED) is 0.884. The molecular weight excluding hydrogens is 220 g/mol. The highest BCUT2D eigenvalue weighted by Gasteiger charge is 2.21.